The third-order valence-corrected chi connectivity index (χ3v) is 5.07. The number of benzene rings is 1. The van der Waals surface area contributed by atoms with Crippen molar-refractivity contribution in [1.82, 2.24) is 9.88 Å². The molecule has 8 heteroatoms. The van der Waals surface area contributed by atoms with Gasteiger partial charge in [0.15, 0.2) is 0 Å². The van der Waals surface area contributed by atoms with Crippen molar-refractivity contribution in [2.24, 2.45) is 12.0 Å². The van der Waals surface area contributed by atoms with Gasteiger partial charge in [-0.3, -0.25) is 19.9 Å². The van der Waals surface area contributed by atoms with E-state index in [2.05, 4.69) is 19.2 Å². The van der Waals surface area contributed by atoms with E-state index in [0.717, 1.165) is 22.5 Å². The molecule has 0 aliphatic heterocycles. The fraction of sp³-hybridized carbons (Fsp3) is 0.536. The van der Waals surface area contributed by atoms with Crippen LogP contribution >= 0.6 is 0 Å². The second-order valence-corrected chi connectivity index (χ2v) is 9.19. The minimum atomic E-state index is -0.888. The maximum atomic E-state index is 12.1. The van der Waals surface area contributed by atoms with Crippen molar-refractivity contribution in [1.29, 1.82) is 0 Å². The molecule has 0 spiro atoms. The summed E-state index contributed by atoms with van der Waals surface area (Å²) in [5, 5.41) is 12.9. The van der Waals surface area contributed by atoms with Gasteiger partial charge in [0.25, 0.3) is 5.56 Å². The first-order valence-corrected chi connectivity index (χ1v) is 12.5. The standard InChI is InChI=1S/C25H35N3O5.C3H8/c1-15(2)33-25(31)23(19(6)29)26-10-11-32-21-9-8-16(3)22(13-21)27-18(5)20-12-17(4)24(30)28(7)14-20;1-3-2/h8-9,12-15,19,23,26,29H,10-11H2,1-7H3;3H2,1-2H3. The Morgan fingerprint density at radius 2 is 1.78 bits per heavy atom. The highest BCUT2D eigenvalue weighted by molar-refractivity contribution is 6.00. The predicted octanol–water partition coefficient (Wildman–Crippen LogP) is 4.23. The van der Waals surface area contributed by atoms with Crippen LogP contribution in [0.25, 0.3) is 0 Å². The monoisotopic (exact) mass is 501 g/mol. The van der Waals surface area contributed by atoms with E-state index in [9.17, 15) is 14.7 Å². The van der Waals surface area contributed by atoms with Gasteiger partial charge < -0.3 is 19.1 Å². The van der Waals surface area contributed by atoms with Crippen molar-refractivity contribution in [3.63, 3.8) is 0 Å². The summed E-state index contributed by atoms with van der Waals surface area (Å²) >= 11 is 0. The number of carbonyl (C=O) groups excluding carboxylic acids is 1. The van der Waals surface area contributed by atoms with E-state index < -0.39 is 18.1 Å². The molecule has 0 radical (unpaired) electrons. The molecule has 2 atom stereocenters. The highest BCUT2D eigenvalue weighted by Gasteiger charge is 2.25. The number of nitrogens with zero attached hydrogens (tertiary/aromatic N) is 2. The largest absolute Gasteiger partial charge is 0.492 e. The quantitative estimate of drug-likeness (QED) is 0.287. The number of aliphatic hydroxyl groups excluding tert-OH is 1. The van der Waals surface area contributed by atoms with Crippen LogP contribution in [-0.4, -0.2) is 52.8 Å². The average molecular weight is 502 g/mol. The van der Waals surface area contributed by atoms with Gasteiger partial charge in [-0.15, -0.1) is 0 Å². The molecule has 0 aliphatic rings. The molecule has 0 saturated carbocycles. The lowest BCUT2D eigenvalue weighted by Crippen LogP contribution is -2.47. The lowest BCUT2D eigenvalue weighted by atomic mass is 10.1. The third kappa shape index (κ3) is 9.95. The number of ether oxygens (including phenoxy) is 2. The van der Waals surface area contributed by atoms with Gasteiger partial charge in [-0.2, -0.15) is 0 Å². The maximum Gasteiger partial charge on any atom is 0.326 e. The molecule has 8 nitrogen and oxygen atoms in total. The number of aliphatic hydroxyl groups is 1. The molecule has 0 fully saturated rings. The lowest BCUT2D eigenvalue weighted by Gasteiger charge is -2.21. The van der Waals surface area contributed by atoms with Gasteiger partial charge in [0.1, 0.15) is 18.4 Å². The molecule has 1 aromatic heterocycles. The second kappa shape index (κ2) is 15.2. The van der Waals surface area contributed by atoms with Crippen LogP contribution in [0.15, 0.2) is 40.2 Å². The smallest absolute Gasteiger partial charge is 0.326 e. The van der Waals surface area contributed by atoms with Crippen molar-refractivity contribution in [3.05, 3.63) is 57.5 Å². The molecule has 2 aromatic rings. The van der Waals surface area contributed by atoms with Crippen LogP contribution in [0, 0.1) is 13.8 Å². The fourth-order valence-electron chi connectivity index (χ4n) is 3.26. The van der Waals surface area contributed by atoms with Crippen LogP contribution in [0.5, 0.6) is 5.75 Å². The van der Waals surface area contributed by atoms with Gasteiger partial charge in [-0.25, -0.2) is 0 Å². The zero-order chi connectivity index (χ0) is 27.4. The number of hydrogen-bond acceptors (Lipinski definition) is 7. The maximum absolute atomic E-state index is 12.1. The lowest BCUT2D eigenvalue weighted by molar-refractivity contribution is -0.152. The summed E-state index contributed by atoms with van der Waals surface area (Å²) in [6.45, 7) is 15.6. The van der Waals surface area contributed by atoms with Crippen molar-refractivity contribution in [2.45, 2.75) is 80.1 Å². The zero-order valence-electron chi connectivity index (χ0n) is 23.2. The molecule has 0 aliphatic carbocycles. The Bertz CT molecular complexity index is 1050. The number of rotatable bonds is 10. The number of nitrogens with one attached hydrogen (secondary N) is 1. The van der Waals surface area contributed by atoms with Crippen LogP contribution in [0.1, 0.15) is 64.7 Å². The van der Waals surface area contributed by atoms with Crippen molar-refractivity contribution < 1.29 is 19.4 Å². The van der Waals surface area contributed by atoms with Crippen molar-refractivity contribution >= 4 is 17.4 Å². The number of pyridine rings is 1. The molecule has 0 saturated heterocycles. The van der Waals surface area contributed by atoms with Crippen molar-refractivity contribution in [2.75, 3.05) is 13.2 Å². The Balaban J connectivity index is 0.00000205. The minimum Gasteiger partial charge on any atom is -0.492 e. The Kier molecular flexibility index (Phi) is 13.1. The highest BCUT2D eigenvalue weighted by Crippen LogP contribution is 2.25. The number of carbonyl (C=O) groups is 1. The van der Waals surface area contributed by atoms with Crippen LogP contribution in [0.2, 0.25) is 0 Å². The zero-order valence-corrected chi connectivity index (χ0v) is 23.2. The summed E-state index contributed by atoms with van der Waals surface area (Å²) in [5.74, 6) is 0.153. The number of aromatic nitrogens is 1. The minimum absolute atomic E-state index is 0.0259. The summed E-state index contributed by atoms with van der Waals surface area (Å²) in [7, 11) is 1.73. The molecular formula is C28H43N3O5. The van der Waals surface area contributed by atoms with Crippen LogP contribution < -0.4 is 15.6 Å². The first kappa shape index (κ1) is 31.1. The van der Waals surface area contributed by atoms with Gasteiger partial charge >= 0.3 is 5.97 Å². The first-order chi connectivity index (χ1) is 16.9. The van der Waals surface area contributed by atoms with Gasteiger partial charge in [0.2, 0.25) is 0 Å². The number of esters is 1. The van der Waals surface area contributed by atoms with Crippen LogP contribution in [-0.2, 0) is 16.6 Å². The molecule has 36 heavy (non-hydrogen) atoms. The van der Waals surface area contributed by atoms with E-state index in [0.29, 0.717) is 24.5 Å². The molecule has 0 bridgehead atoms. The molecule has 0 amide bonds. The topological polar surface area (TPSA) is 102 Å². The first-order valence-electron chi connectivity index (χ1n) is 12.5. The number of hydrogen-bond donors (Lipinski definition) is 2. The van der Waals surface area contributed by atoms with E-state index in [-0.39, 0.29) is 11.7 Å². The van der Waals surface area contributed by atoms with Gasteiger partial charge in [0, 0.05) is 42.7 Å². The summed E-state index contributed by atoms with van der Waals surface area (Å²) in [4.78, 5) is 28.8. The summed E-state index contributed by atoms with van der Waals surface area (Å²) in [6, 6.07) is 6.67. The van der Waals surface area contributed by atoms with Gasteiger partial charge in [-0.1, -0.05) is 26.3 Å². The summed E-state index contributed by atoms with van der Waals surface area (Å²) in [5.41, 5.74) is 4.07. The summed E-state index contributed by atoms with van der Waals surface area (Å²) in [6.07, 6.45) is 1.88. The van der Waals surface area contributed by atoms with E-state index in [1.54, 1.807) is 45.5 Å². The normalized spacial score (nSPS) is 13.0. The average Bonchev–Trinajstić information content (AvgIpc) is 2.78. The van der Waals surface area contributed by atoms with E-state index >= 15 is 0 Å². The predicted molar refractivity (Wildman–Crippen MR) is 146 cm³/mol. The Morgan fingerprint density at radius 3 is 2.33 bits per heavy atom. The van der Waals surface area contributed by atoms with Gasteiger partial charge in [0.05, 0.1) is 17.9 Å². The second-order valence-electron chi connectivity index (χ2n) is 9.19. The highest BCUT2D eigenvalue weighted by atomic mass is 16.5. The molecular weight excluding hydrogens is 458 g/mol. The van der Waals surface area contributed by atoms with E-state index in [1.807, 2.05) is 38.1 Å². The molecule has 2 unspecified atom stereocenters. The number of aliphatic imine (C=N–C) groups is 1. The molecule has 2 N–H and O–H groups in total. The fourth-order valence-corrected chi connectivity index (χ4v) is 3.26. The van der Waals surface area contributed by atoms with Crippen LogP contribution in [0.4, 0.5) is 5.69 Å². The van der Waals surface area contributed by atoms with Crippen molar-refractivity contribution in [3.8, 4) is 5.75 Å². The molecule has 200 valence electrons. The van der Waals surface area contributed by atoms with E-state index in [4.69, 9.17) is 14.5 Å². The molecule has 2 rings (SSSR count). The van der Waals surface area contributed by atoms with E-state index in [1.165, 1.54) is 6.42 Å². The summed E-state index contributed by atoms with van der Waals surface area (Å²) < 4.78 is 12.6. The number of aryl methyl sites for hydroxylation is 3. The third-order valence-electron chi connectivity index (χ3n) is 5.07. The van der Waals surface area contributed by atoms with Crippen LogP contribution in [0.3, 0.4) is 0 Å². The molecule has 1 aromatic carbocycles. The Hall–Kier alpha value is -2.97. The molecule has 1 heterocycles. The Labute approximate surface area is 215 Å². The van der Waals surface area contributed by atoms with Gasteiger partial charge in [-0.05, 0) is 59.2 Å². The Morgan fingerprint density at radius 1 is 1.14 bits per heavy atom. The SMILES string of the molecule is CC(=Nc1cc(OCCNC(C(=O)OC(C)C)C(C)O)ccc1C)c1cc(C)c(=O)n(C)c1.CCC.